The van der Waals surface area contributed by atoms with Gasteiger partial charge in [-0.2, -0.15) is 4.52 Å². The third-order valence-corrected chi connectivity index (χ3v) is 6.07. The summed E-state index contributed by atoms with van der Waals surface area (Å²) in [7, 11) is 0. The van der Waals surface area contributed by atoms with Crippen molar-refractivity contribution >= 4 is 34.8 Å². The lowest BCUT2D eigenvalue weighted by Crippen LogP contribution is -2.38. The molecule has 1 N–H and O–H groups in total. The summed E-state index contributed by atoms with van der Waals surface area (Å²) in [5.41, 5.74) is 1.47. The zero-order valence-corrected chi connectivity index (χ0v) is 17.4. The molecule has 1 fully saturated rings. The van der Waals surface area contributed by atoms with Crippen molar-refractivity contribution < 1.29 is 4.79 Å². The molecule has 31 heavy (non-hydrogen) atoms. The maximum Gasteiger partial charge on any atom is 0.227 e. The predicted octanol–water partition coefficient (Wildman–Crippen LogP) is 2.92. The van der Waals surface area contributed by atoms with Gasteiger partial charge in [0.1, 0.15) is 22.2 Å². The Balaban J connectivity index is 1.18. The smallest absolute Gasteiger partial charge is 0.227 e. The number of fused-ring (bicyclic) bond motifs is 1. The fourth-order valence-electron chi connectivity index (χ4n) is 3.56. The summed E-state index contributed by atoms with van der Waals surface area (Å²) in [5, 5.41) is 17.1. The highest BCUT2D eigenvalue weighted by atomic mass is 32.2. The van der Waals surface area contributed by atoms with E-state index in [1.54, 1.807) is 23.2 Å². The Morgan fingerprint density at radius 3 is 2.74 bits per heavy atom. The van der Waals surface area contributed by atoms with E-state index >= 15 is 0 Å². The first-order valence-corrected chi connectivity index (χ1v) is 10.8. The molecule has 9 nitrogen and oxygen atoms in total. The van der Waals surface area contributed by atoms with E-state index in [0.717, 1.165) is 53.1 Å². The number of amides is 1. The van der Waals surface area contributed by atoms with E-state index in [4.69, 9.17) is 0 Å². The number of anilines is 2. The van der Waals surface area contributed by atoms with Gasteiger partial charge in [0.05, 0.1) is 0 Å². The highest BCUT2D eigenvalue weighted by molar-refractivity contribution is 7.99. The molecule has 1 aliphatic rings. The highest BCUT2D eigenvalue weighted by Crippen LogP contribution is 2.27. The zero-order chi connectivity index (χ0) is 21.0. The molecule has 0 saturated carbocycles. The Bertz CT molecular complexity index is 1190. The second-order valence-electron chi connectivity index (χ2n) is 7.23. The van der Waals surface area contributed by atoms with Crippen molar-refractivity contribution in [3.05, 3.63) is 61.2 Å². The maximum atomic E-state index is 12.8. The molecule has 4 aromatic heterocycles. The number of pyridine rings is 2. The number of hydrogen-bond acceptors (Lipinski definition) is 8. The van der Waals surface area contributed by atoms with Gasteiger partial charge in [0.25, 0.3) is 0 Å². The third kappa shape index (κ3) is 4.48. The lowest BCUT2D eigenvalue weighted by atomic mass is 9.96. The first-order chi connectivity index (χ1) is 15.2. The molecule has 0 bridgehead atoms. The van der Waals surface area contributed by atoms with Crippen LogP contribution in [0.5, 0.6) is 0 Å². The monoisotopic (exact) mass is 432 g/mol. The average molecular weight is 433 g/mol. The number of nitrogens with zero attached hydrogens (tertiary/aromatic N) is 7. The predicted molar refractivity (Wildman–Crippen MR) is 117 cm³/mol. The second-order valence-corrected chi connectivity index (χ2v) is 8.27. The summed E-state index contributed by atoms with van der Waals surface area (Å²) < 4.78 is 1.66. The van der Waals surface area contributed by atoms with Crippen LogP contribution in [0.3, 0.4) is 0 Å². The first kappa shape index (κ1) is 19.4. The number of carbonyl (C=O) groups is 1. The fraction of sp³-hybridized carbons (Fsp3) is 0.238. The van der Waals surface area contributed by atoms with Gasteiger partial charge < -0.3 is 10.2 Å². The van der Waals surface area contributed by atoms with Crippen LogP contribution in [-0.4, -0.2) is 48.8 Å². The number of aromatic nitrogens is 6. The average Bonchev–Trinajstić information content (AvgIpc) is 3.28. The minimum Gasteiger partial charge on any atom is -0.355 e. The minimum absolute atomic E-state index is 0.0325. The van der Waals surface area contributed by atoms with Crippen molar-refractivity contribution in [1.82, 2.24) is 29.8 Å². The maximum absolute atomic E-state index is 12.8. The molecule has 0 radical (unpaired) electrons. The topological polar surface area (TPSA) is 101 Å². The zero-order valence-electron chi connectivity index (χ0n) is 16.6. The highest BCUT2D eigenvalue weighted by Gasteiger charge is 2.26. The summed E-state index contributed by atoms with van der Waals surface area (Å²) >= 11 is 1.47. The summed E-state index contributed by atoms with van der Waals surface area (Å²) in [6.07, 6.45) is 6.59. The summed E-state index contributed by atoms with van der Waals surface area (Å²) in [5.74, 6) is 0.883. The molecular weight excluding hydrogens is 412 g/mol. The molecule has 156 valence electrons. The van der Waals surface area contributed by atoms with Gasteiger partial charge in [-0.05, 0) is 49.2 Å². The standard InChI is InChI=1S/C21H20N8OS/c30-21(25-16-6-10-23-20(13-16)31-19-3-1-2-9-22-19)15-7-11-28(12-8-15)18-5-4-17-26-24-14-29(17)27-18/h1-6,9-10,13-15H,7-8,11-12H2,(H,23,25,30). The number of rotatable bonds is 5. The van der Waals surface area contributed by atoms with Crippen LogP contribution in [-0.2, 0) is 4.79 Å². The van der Waals surface area contributed by atoms with E-state index < -0.39 is 0 Å². The Morgan fingerprint density at radius 2 is 1.90 bits per heavy atom. The summed E-state index contributed by atoms with van der Waals surface area (Å²) in [6, 6.07) is 13.3. The summed E-state index contributed by atoms with van der Waals surface area (Å²) in [6.45, 7) is 1.55. The van der Waals surface area contributed by atoms with Gasteiger partial charge in [0, 0.05) is 37.1 Å². The Morgan fingerprint density at radius 1 is 1.03 bits per heavy atom. The largest absolute Gasteiger partial charge is 0.355 e. The van der Waals surface area contributed by atoms with E-state index in [9.17, 15) is 4.79 Å². The molecule has 0 aliphatic carbocycles. The van der Waals surface area contributed by atoms with Crippen molar-refractivity contribution in [2.45, 2.75) is 22.9 Å². The van der Waals surface area contributed by atoms with E-state index in [1.165, 1.54) is 11.8 Å². The molecule has 0 unspecified atom stereocenters. The number of nitrogens with one attached hydrogen (secondary N) is 1. The molecule has 10 heteroatoms. The molecule has 1 saturated heterocycles. The van der Waals surface area contributed by atoms with E-state index in [-0.39, 0.29) is 11.8 Å². The van der Waals surface area contributed by atoms with Crippen LogP contribution in [0.4, 0.5) is 11.5 Å². The van der Waals surface area contributed by atoms with Gasteiger partial charge in [-0.1, -0.05) is 17.8 Å². The molecule has 0 atom stereocenters. The first-order valence-electron chi connectivity index (χ1n) is 10.0. The molecule has 5 rings (SSSR count). The molecule has 0 spiro atoms. The van der Waals surface area contributed by atoms with Crippen LogP contribution in [0.2, 0.25) is 0 Å². The van der Waals surface area contributed by atoms with Crippen LogP contribution in [0.15, 0.2) is 71.2 Å². The lowest BCUT2D eigenvalue weighted by Gasteiger charge is -2.32. The quantitative estimate of drug-likeness (QED) is 0.514. The van der Waals surface area contributed by atoms with Gasteiger partial charge in [0.15, 0.2) is 5.65 Å². The van der Waals surface area contributed by atoms with E-state index in [1.807, 2.05) is 42.5 Å². The molecule has 1 amide bonds. The molecular formula is C21H20N8OS. The van der Waals surface area contributed by atoms with Gasteiger partial charge in [-0.25, -0.2) is 9.97 Å². The molecule has 0 aromatic carbocycles. The SMILES string of the molecule is O=C(Nc1ccnc(Sc2ccccn2)c1)C1CCN(c2ccc3nncn3n2)CC1. The lowest BCUT2D eigenvalue weighted by molar-refractivity contribution is -0.120. The van der Waals surface area contributed by atoms with E-state index in [2.05, 4.69) is 35.5 Å². The van der Waals surface area contributed by atoms with Crippen LogP contribution >= 0.6 is 11.8 Å². The molecule has 4 aromatic rings. The number of piperidine rings is 1. The van der Waals surface area contributed by atoms with Gasteiger partial charge >= 0.3 is 0 Å². The van der Waals surface area contributed by atoms with Crippen LogP contribution < -0.4 is 10.2 Å². The third-order valence-electron chi connectivity index (χ3n) is 5.19. The number of carbonyl (C=O) groups excluding carboxylic acids is 1. The van der Waals surface area contributed by atoms with Crippen LogP contribution in [0.25, 0.3) is 5.65 Å². The normalized spacial score (nSPS) is 14.6. The number of hydrogen-bond donors (Lipinski definition) is 1. The summed E-state index contributed by atoms with van der Waals surface area (Å²) in [4.78, 5) is 23.7. The Hall–Kier alpha value is -3.53. The second kappa shape index (κ2) is 8.68. The van der Waals surface area contributed by atoms with Crippen molar-refractivity contribution in [3.63, 3.8) is 0 Å². The van der Waals surface area contributed by atoms with Gasteiger partial charge in [-0.15, -0.1) is 15.3 Å². The van der Waals surface area contributed by atoms with Gasteiger partial charge in [0.2, 0.25) is 5.91 Å². The molecule has 1 aliphatic heterocycles. The van der Waals surface area contributed by atoms with Gasteiger partial charge in [-0.3, -0.25) is 4.79 Å². The minimum atomic E-state index is -0.0325. The van der Waals surface area contributed by atoms with Crippen molar-refractivity contribution in [3.8, 4) is 0 Å². The molecule has 5 heterocycles. The van der Waals surface area contributed by atoms with E-state index in [0.29, 0.717) is 0 Å². The fourth-order valence-corrected chi connectivity index (χ4v) is 4.33. The Kier molecular flexibility index (Phi) is 5.44. The van der Waals surface area contributed by atoms with Crippen LogP contribution in [0.1, 0.15) is 12.8 Å². The van der Waals surface area contributed by atoms with Crippen molar-refractivity contribution in [2.24, 2.45) is 5.92 Å². The van der Waals surface area contributed by atoms with Crippen molar-refractivity contribution in [2.75, 3.05) is 23.3 Å². The van der Waals surface area contributed by atoms with Crippen molar-refractivity contribution in [1.29, 1.82) is 0 Å². The Labute approximate surface area is 182 Å². The van der Waals surface area contributed by atoms with Crippen LogP contribution in [0, 0.1) is 5.92 Å².